The lowest BCUT2D eigenvalue weighted by Gasteiger charge is -2.10. The standard InChI is InChI=1S/C12H20N4O3/c1-5-19-12(18)9-8-13-16(4)11(9)14-10(17)6-7-15(2)3/h8H,5-7H2,1-4H3,(H,14,17). The fraction of sp³-hybridized carbons (Fsp3) is 0.583. The molecule has 0 atom stereocenters. The van der Waals surface area contributed by atoms with E-state index in [1.807, 2.05) is 19.0 Å². The number of aromatic nitrogens is 2. The van der Waals surface area contributed by atoms with Gasteiger partial charge in [-0.3, -0.25) is 9.48 Å². The molecule has 106 valence electrons. The molecule has 0 unspecified atom stereocenters. The summed E-state index contributed by atoms with van der Waals surface area (Å²) in [5, 5.41) is 6.65. The molecule has 0 fully saturated rings. The maximum Gasteiger partial charge on any atom is 0.343 e. The maximum absolute atomic E-state index is 11.8. The van der Waals surface area contributed by atoms with Crippen molar-refractivity contribution in [1.29, 1.82) is 0 Å². The molecule has 1 N–H and O–H groups in total. The molecule has 0 saturated heterocycles. The zero-order valence-corrected chi connectivity index (χ0v) is 11.8. The lowest BCUT2D eigenvalue weighted by atomic mass is 10.3. The van der Waals surface area contributed by atoms with E-state index in [-0.39, 0.29) is 18.1 Å². The molecular weight excluding hydrogens is 248 g/mol. The Morgan fingerprint density at radius 2 is 2.16 bits per heavy atom. The average Bonchev–Trinajstić information content (AvgIpc) is 2.69. The minimum Gasteiger partial charge on any atom is -0.462 e. The van der Waals surface area contributed by atoms with Crippen LogP contribution < -0.4 is 5.32 Å². The van der Waals surface area contributed by atoms with Gasteiger partial charge in [-0.05, 0) is 21.0 Å². The van der Waals surface area contributed by atoms with Gasteiger partial charge in [0, 0.05) is 20.0 Å². The third-order valence-corrected chi connectivity index (χ3v) is 2.48. The van der Waals surface area contributed by atoms with Gasteiger partial charge in [-0.2, -0.15) is 5.10 Å². The first-order chi connectivity index (χ1) is 8.95. The molecule has 0 saturated carbocycles. The van der Waals surface area contributed by atoms with Crippen LogP contribution in [-0.4, -0.2) is 53.8 Å². The highest BCUT2D eigenvalue weighted by Gasteiger charge is 2.18. The van der Waals surface area contributed by atoms with Crippen molar-refractivity contribution in [3.05, 3.63) is 11.8 Å². The summed E-state index contributed by atoms with van der Waals surface area (Å²) in [6.07, 6.45) is 1.74. The lowest BCUT2D eigenvalue weighted by Crippen LogP contribution is -2.22. The van der Waals surface area contributed by atoms with Gasteiger partial charge in [0.05, 0.1) is 12.8 Å². The number of amides is 1. The summed E-state index contributed by atoms with van der Waals surface area (Å²) in [5.74, 6) is -0.288. The molecule has 1 aromatic heterocycles. The summed E-state index contributed by atoms with van der Waals surface area (Å²) >= 11 is 0. The van der Waals surface area contributed by atoms with Crippen molar-refractivity contribution in [3.8, 4) is 0 Å². The highest BCUT2D eigenvalue weighted by molar-refractivity contribution is 6.00. The summed E-state index contributed by atoms with van der Waals surface area (Å²) < 4.78 is 6.35. The molecular formula is C12H20N4O3. The van der Waals surface area contributed by atoms with Crippen molar-refractivity contribution in [3.63, 3.8) is 0 Å². The molecule has 1 aromatic rings. The second kappa shape index (κ2) is 6.89. The first-order valence-electron chi connectivity index (χ1n) is 6.09. The Morgan fingerprint density at radius 1 is 1.47 bits per heavy atom. The first kappa shape index (κ1) is 15.2. The molecule has 1 rings (SSSR count). The van der Waals surface area contributed by atoms with E-state index in [0.29, 0.717) is 18.8 Å². The van der Waals surface area contributed by atoms with Crippen LogP contribution in [0.15, 0.2) is 6.20 Å². The van der Waals surface area contributed by atoms with Crippen LogP contribution in [0.5, 0.6) is 0 Å². The third-order valence-electron chi connectivity index (χ3n) is 2.48. The molecule has 1 heterocycles. The number of rotatable bonds is 6. The Kier molecular flexibility index (Phi) is 5.50. The van der Waals surface area contributed by atoms with Gasteiger partial charge in [-0.25, -0.2) is 4.79 Å². The van der Waals surface area contributed by atoms with Crippen molar-refractivity contribution in [2.75, 3.05) is 32.6 Å². The van der Waals surface area contributed by atoms with Crippen molar-refractivity contribution in [2.24, 2.45) is 7.05 Å². The second-order valence-electron chi connectivity index (χ2n) is 4.35. The number of hydrogen-bond acceptors (Lipinski definition) is 5. The van der Waals surface area contributed by atoms with E-state index in [1.165, 1.54) is 10.9 Å². The van der Waals surface area contributed by atoms with E-state index in [4.69, 9.17) is 4.74 Å². The Balaban J connectivity index is 2.74. The van der Waals surface area contributed by atoms with Gasteiger partial charge in [0.2, 0.25) is 5.91 Å². The summed E-state index contributed by atoms with van der Waals surface area (Å²) in [7, 11) is 5.44. The van der Waals surface area contributed by atoms with Crippen molar-refractivity contribution in [2.45, 2.75) is 13.3 Å². The number of esters is 1. The number of ether oxygens (including phenoxy) is 1. The van der Waals surface area contributed by atoms with E-state index < -0.39 is 5.97 Å². The van der Waals surface area contributed by atoms with Crippen LogP contribution in [0.4, 0.5) is 5.82 Å². The maximum atomic E-state index is 11.8. The zero-order chi connectivity index (χ0) is 14.4. The van der Waals surface area contributed by atoms with Crippen LogP contribution >= 0.6 is 0 Å². The van der Waals surface area contributed by atoms with Crippen LogP contribution in [0.3, 0.4) is 0 Å². The van der Waals surface area contributed by atoms with Crippen LogP contribution in [0, 0.1) is 0 Å². The number of anilines is 1. The number of hydrogen-bond donors (Lipinski definition) is 1. The molecule has 0 spiro atoms. The van der Waals surface area contributed by atoms with Crippen molar-refractivity contribution < 1.29 is 14.3 Å². The van der Waals surface area contributed by atoms with Crippen LogP contribution in [-0.2, 0) is 16.6 Å². The third kappa shape index (κ3) is 4.36. The summed E-state index contributed by atoms with van der Waals surface area (Å²) in [6.45, 7) is 2.64. The number of carbonyl (C=O) groups excluding carboxylic acids is 2. The average molecular weight is 268 g/mol. The predicted molar refractivity (Wildman–Crippen MR) is 71.0 cm³/mol. The fourth-order valence-electron chi connectivity index (χ4n) is 1.46. The summed E-state index contributed by atoms with van der Waals surface area (Å²) in [6, 6.07) is 0. The van der Waals surface area contributed by atoms with E-state index in [9.17, 15) is 9.59 Å². The van der Waals surface area contributed by atoms with E-state index >= 15 is 0 Å². The zero-order valence-electron chi connectivity index (χ0n) is 11.8. The lowest BCUT2D eigenvalue weighted by molar-refractivity contribution is -0.116. The fourth-order valence-corrected chi connectivity index (χ4v) is 1.46. The van der Waals surface area contributed by atoms with Gasteiger partial charge in [0.15, 0.2) is 0 Å². The minimum absolute atomic E-state index is 0.164. The molecule has 7 nitrogen and oxygen atoms in total. The summed E-state index contributed by atoms with van der Waals surface area (Å²) in [5.41, 5.74) is 0.266. The Hall–Kier alpha value is -1.89. The Labute approximate surface area is 112 Å². The van der Waals surface area contributed by atoms with Crippen molar-refractivity contribution >= 4 is 17.7 Å². The van der Waals surface area contributed by atoms with E-state index in [1.54, 1.807) is 14.0 Å². The normalized spacial score (nSPS) is 10.6. The van der Waals surface area contributed by atoms with Gasteiger partial charge in [0.25, 0.3) is 0 Å². The largest absolute Gasteiger partial charge is 0.462 e. The predicted octanol–water partition coefficient (Wildman–Crippen LogP) is 0.487. The molecule has 0 aliphatic rings. The Bertz CT molecular complexity index is 454. The summed E-state index contributed by atoms with van der Waals surface area (Å²) in [4.78, 5) is 25.4. The molecule has 7 heteroatoms. The number of nitrogens with zero attached hydrogens (tertiary/aromatic N) is 3. The number of carbonyl (C=O) groups is 2. The number of aryl methyl sites for hydroxylation is 1. The minimum atomic E-state index is -0.487. The van der Waals surface area contributed by atoms with Crippen molar-refractivity contribution in [1.82, 2.24) is 14.7 Å². The second-order valence-corrected chi connectivity index (χ2v) is 4.35. The first-order valence-corrected chi connectivity index (χ1v) is 6.09. The highest BCUT2D eigenvalue weighted by Crippen LogP contribution is 2.15. The SMILES string of the molecule is CCOC(=O)c1cnn(C)c1NC(=O)CCN(C)C. The number of nitrogens with one attached hydrogen (secondary N) is 1. The van der Waals surface area contributed by atoms with E-state index in [2.05, 4.69) is 10.4 Å². The highest BCUT2D eigenvalue weighted by atomic mass is 16.5. The van der Waals surface area contributed by atoms with Gasteiger partial charge >= 0.3 is 5.97 Å². The van der Waals surface area contributed by atoms with Crippen LogP contribution in [0.25, 0.3) is 0 Å². The molecule has 0 aromatic carbocycles. The molecule has 1 amide bonds. The smallest absolute Gasteiger partial charge is 0.343 e. The molecule has 0 bridgehead atoms. The van der Waals surface area contributed by atoms with Gasteiger partial charge in [-0.15, -0.1) is 0 Å². The molecule has 0 aliphatic heterocycles. The molecule has 0 aliphatic carbocycles. The van der Waals surface area contributed by atoms with E-state index in [0.717, 1.165) is 0 Å². The topological polar surface area (TPSA) is 76.5 Å². The molecule has 0 radical (unpaired) electrons. The van der Waals surface area contributed by atoms with Crippen LogP contribution in [0.2, 0.25) is 0 Å². The monoisotopic (exact) mass is 268 g/mol. The quantitative estimate of drug-likeness (QED) is 0.760. The van der Waals surface area contributed by atoms with Gasteiger partial charge < -0.3 is 15.0 Å². The van der Waals surface area contributed by atoms with Gasteiger partial charge in [-0.1, -0.05) is 0 Å². The van der Waals surface area contributed by atoms with Gasteiger partial charge in [0.1, 0.15) is 11.4 Å². The molecule has 19 heavy (non-hydrogen) atoms. The van der Waals surface area contributed by atoms with Crippen LogP contribution in [0.1, 0.15) is 23.7 Å². The Morgan fingerprint density at radius 3 is 2.74 bits per heavy atom.